The number of ether oxygens (including phenoxy) is 1. The number of hydrogen-bond acceptors (Lipinski definition) is 4. The molecule has 1 aromatic rings. The minimum absolute atomic E-state index is 0.0864. The van der Waals surface area contributed by atoms with Crippen LogP contribution in [0.15, 0.2) is 12.3 Å². The minimum Gasteiger partial charge on any atom is -0.373 e. The molecular formula is C11H17N3O. The molecule has 0 spiro atoms. The third-order valence-corrected chi connectivity index (χ3v) is 2.58. The lowest BCUT2D eigenvalue weighted by Gasteiger charge is -2.15. The first kappa shape index (κ1) is 10.4. The molecule has 1 N–H and O–H groups in total. The Bertz CT molecular complexity index is 325. The number of aromatic nitrogens is 2. The molecule has 0 bridgehead atoms. The molecule has 0 radical (unpaired) electrons. The van der Waals surface area contributed by atoms with Crippen LogP contribution >= 0.6 is 0 Å². The molecule has 1 aromatic heterocycles. The topological polar surface area (TPSA) is 47.0 Å². The Labute approximate surface area is 90.1 Å². The van der Waals surface area contributed by atoms with Crippen molar-refractivity contribution >= 4 is 5.82 Å². The zero-order valence-corrected chi connectivity index (χ0v) is 9.23. The van der Waals surface area contributed by atoms with Crippen LogP contribution in [0.1, 0.15) is 31.7 Å². The Balaban J connectivity index is 2.16. The number of rotatable bonds is 5. The fraction of sp³-hybridized carbons (Fsp3) is 0.636. The molecule has 15 heavy (non-hydrogen) atoms. The summed E-state index contributed by atoms with van der Waals surface area (Å²) in [6.07, 6.45) is 4.33. The van der Waals surface area contributed by atoms with Crippen molar-refractivity contribution in [2.45, 2.75) is 25.9 Å². The Morgan fingerprint density at radius 3 is 3.00 bits per heavy atom. The smallest absolute Gasteiger partial charge is 0.159 e. The van der Waals surface area contributed by atoms with Gasteiger partial charge in [0.25, 0.3) is 0 Å². The fourth-order valence-corrected chi connectivity index (χ4v) is 1.65. The molecular weight excluding hydrogens is 190 g/mol. The van der Waals surface area contributed by atoms with Gasteiger partial charge in [-0.1, -0.05) is 0 Å². The van der Waals surface area contributed by atoms with E-state index in [1.807, 2.05) is 20.0 Å². The van der Waals surface area contributed by atoms with Crippen LogP contribution in [0.2, 0.25) is 0 Å². The Morgan fingerprint density at radius 1 is 1.60 bits per heavy atom. The number of hydrogen-bond donors (Lipinski definition) is 1. The molecule has 1 heterocycles. The zero-order valence-electron chi connectivity index (χ0n) is 9.23. The summed E-state index contributed by atoms with van der Waals surface area (Å²) in [7, 11) is 1.86. The van der Waals surface area contributed by atoms with Crippen LogP contribution in [0.25, 0.3) is 0 Å². The molecule has 1 unspecified atom stereocenters. The van der Waals surface area contributed by atoms with E-state index in [1.54, 1.807) is 6.20 Å². The molecule has 4 heteroatoms. The van der Waals surface area contributed by atoms with Crippen LogP contribution in [-0.4, -0.2) is 23.6 Å². The van der Waals surface area contributed by atoms with E-state index in [-0.39, 0.29) is 6.10 Å². The third kappa shape index (κ3) is 2.45. The van der Waals surface area contributed by atoms with Gasteiger partial charge in [0.15, 0.2) is 5.82 Å². The lowest BCUT2D eigenvalue weighted by atomic mass is 10.2. The first-order valence-electron chi connectivity index (χ1n) is 5.47. The molecule has 1 aliphatic rings. The number of nitrogens with zero attached hydrogens (tertiary/aromatic N) is 2. The van der Waals surface area contributed by atoms with E-state index in [0.717, 1.165) is 11.6 Å². The van der Waals surface area contributed by atoms with Gasteiger partial charge in [0.05, 0.1) is 0 Å². The average Bonchev–Trinajstić information content (AvgIpc) is 3.10. The highest BCUT2D eigenvalue weighted by Gasteiger charge is 2.34. The quantitative estimate of drug-likeness (QED) is 0.802. The second kappa shape index (κ2) is 4.57. The highest BCUT2D eigenvalue weighted by atomic mass is 16.5. The summed E-state index contributed by atoms with van der Waals surface area (Å²) in [6.45, 7) is 2.73. The third-order valence-electron chi connectivity index (χ3n) is 2.58. The average molecular weight is 207 g/mol. The predicted molar refractivity (Wildman–Crippen MR) is 58.7 cm³/mol. The van der Waals surface area contributed by atoms with E-state index in [1.165, 1.54) is 12.8 Å². The lowest BCUT2D eigenvalue weighted by molar-refractivity contribution is 0.0401. The standard InChI is InChI=1S/C11H17N3O/c1-3-15-10(8-4-5-8)11-13-7-6-9(12-2)14-11/h6-8,10H,3-5H2,1-2H3,(H,12,13,14). The number of nitrogens with one attached hydrogen (secondary N) is 1. The van der Waals surface area contributed by atoms with E-state index >= 15 is 0 Å². The minimum atomic E-state index is 0.0864. The van der Waals surface area contributed by atoms with Crippen molar-refractivity contribution in [1.29, 1.82) is 0 Å². The molecule has 0 aliphatic heterocycles. The van der Waals surface area contributed by atoms with Crippen molar-refractivity contribution in [1.82, 2.24) is 9.97 Å². The van der Waals surface area contributed by atoms with Gasteiger partial charge in [-0.2, -0.15) is 0 Å². The van der Waals surface area contributed by atoms with E-state index in [0.29, 0.717) is 12.5 Å². The van der Waals surface area contributed by atoms with Crippen LogP contribution in [0.3, 0.4) is 0 Å². The molecule has 1 aliphatic carbocycles. The van der Waals surface area contributed by atoms with Gasteiger partial charge in [-0.3, -0.25) is 0 Å². The van der Waals surface area contributed by atoms with E-state index in [9.17, 15) is 0 Å². The zero-order chi connectivity index (χ0) is 10.7. The largest absolute Gasteiger partial charge is 0.373 e. The number of anilines is 1. The monoisotopic (exact) mass is 207 g/mol. The van der Waals surface area contributed by atoms with Crippen LogP contribution < -0.4 is 5.32 Å². The van der Waals surface area contributed by atoms with Gasteiger partial charge >= 0.3 is 0 Å². The maximum absolute atomic E-state index is 5.70. The van der Waals surface area contributed by atoms with E-state index < -0.39 is 0 Å². The Morgan fingerprint density at radius 2 is 2.40 bits per heavy atom. The molecule has 1 saturated carbocycles. The van der Waals surface area contributed by atoms with Crippen molar-refractivity contribution < 1.29 is 4.74 Å². The van der Waals surface area contributed by atoms with Crippen LogP contribution in [-0.2, 0) is 4.74 Å². The Hall–Kier alpha value is -1.16. The summed E-state index contributed by atoms with van der Waals surface area (Å²) in [6, 6.07) is 1.86. The summed E-state index contributed by atoms with van der Waals surface area (Å²) >= 11 is 0. The molecule has 2 rings (SSSR count). The summed E-state index contributed by atoms with van der Waals surface area (Å²) in [5, 5.41) is 3.02. The maximum Gasteiger partial charge on any atom is 0.159 e. The van der Waals surface area contributed by atoms with Gasteiger partial charge in [0, 0.05) is 19.9 Å². The second-order valence-electron chi connectivity index (χ2n) is 3.76. The first-order valence-corrected chi connectivity index (χ1v) is 5.47. The molecule has 82 valence electrons. The van der Waals surface area contributed by atoms with Crippen LogP contribution in [0, 0.1) is 5.92 Å². The van der Waals surface area contributed by atoms with Crippen molar-refractivity contribution in [2.24, 2.45) is 5.92 Å². The van der Waals surface area contributed by atoms with Gasteiger partial charge in [0.1, 0.15) is 11.9 Å². The van der Waals surface area contributed by atoms with Crippen molar-refractivity contribution in [3.8, 4) is 0 Å². The van der Waals surface area contributed by atoms with Crippen LogP contribution in [0.4, 0.5) is 5.82 Å². The maximum atomic E-state index is 5.70. The summed E-state index contributed by atoms with van der Waals surface area (Å²) in [5.74, 6) is 2.29. The van der Waals surface area contributed by atoms with Crippen LogP contribution in [0.5, 0.6) is 0 Å². The van der Waals surface area contributed by atoms with Crippen molar-refractivity contribution in [3.05, 3.63) is 18.1 Å². The van der Waals surface area contributed by atoms with Crippen molar-refractivity contribution in [2.75, 3.05) is 19.0 Å². The first-order chi connectivity index (χ1) is 7.35. The SMILES string of the molecule is CCOC(c1nccc(NC)n1)C1CC1. The summed E-state index contributed by atoms with van der Waals surface area (Å²) in [5.41, 5.74) is 0. The van der Waals surface area contributed by atoms with Crippen molar-refractivity contribution in [3.63, 3.8) is 0 Å². The fourth-order valence-electron chi connectivity index (χ4n) is 1.65. The molecule has 4 nitrogen and oxygen atoms in total. The van der Waals surface area contributed by atoms with Gasteiger partial charge in [-0.05, 0) is 31.7 Å². The lowest BCUT2D eigenvalue weighted by Crippen LogP contribution is -2.11. The second-order valence-corrected chi connectivity index (χ2v) is 3.76. The van der Waals surface area contributed by atoms with Gasteiger partial charge in [0.2, 0.25) is 0 Å². The van der Waals surface area contributed by atoms with Gasteiger partial charge in [-0.25, -0.2) is 9.97 Å². The predicted octanol–water partition coefficient (Wildman–Crippen LogP) is 2.01. The molecule has 1 atom stereocenters. The molecule has 0 amide bonds. The van der Waals surface area contributed by atoms with Gasteiger partial charge in [-0.15, -0.1) is 0 Å². The van der Waals surface area contributed by atoms with Gasteiger partial charge < -0.3 is 10.1 Å². The summed E-state index contributed by atoms with van der Waals surface area (Å²) < 4.78 is 5.70. The highest BCUT2D eigenvalue weighted by Crippen LogP contribution is 2.42. The Kier molecular flexibility index (Phi) is 3.16. The van der Waals surface area contributed by atoms with E-state index in [4.69, 9.17) is 4.74 Å². The van der Waals surface area contributed by atoms with E-state index in [2.05, 4.69) is 15.3 Å². The summed E-state index contributed by atoms with van der Waals surface area (Å²) in [4.78, 5) is 8.72. The molecule has 0 aromatic carbocycles. The molecule has 1 fully saturated rings. The highest BCUT2D eigenvalue weighted by molar-refractivity contribution is 5.32. The normalized spacial score (nSPS) is 17.5. The molecule has 0 saturated heterocycles.